The van der Waals surface area contributed by atoms with Gasteiger partial charge in [-0.25, -0.2) is 22.9 Å². The standard InChI is InChI=1S/C22H15F2N3O5S/c1-32-21(30)15-4-2-3-5-16(15)25-18(28)11-26-17-6-7-33-19(17)20(29)27(22(26)31)14-9-12(23)8-13(24)10-14/h2-10H,11H2,1H3,(H,25,28). The molecule has 168 valence electrons. The number of hydrogen-bond donors (Lipinski definition) is 1. The second-order valence-electron chi connectivity index (χ2n) is 6.86. The van der Waals surface area contributed by atoms with Crippen molar-refractivity contribution in [3.05, 3.63) is 91.9 Å². The predicted octanol–water partition coefficient (Wildman–Crippen LogP) is 2.92. The van der Waals surface area contributed by atoms with Crippen molar-refractivity contribution in [3.63, 3.8) is 0 Å². The molecule has 2 aromatic heterocycles. The summed E-state index contributed by atoms with van der Waals surface area (Å²) >= 11 is 1.02. The molecule has 4 aromatic rings. The Morgan fingerprint density at radius 2 is 1.76 bits per heavy atom. The fourth-order valence-electron chi connectivity index (χ4n) is 3.35. The molecule has 0 aliphatic heterocycles. The average Bonchev–Trinajstić information content (AvgIpc) is 3.26. The minimum absolute atomic E-state index is 0.113. The minimum Gasteiger partial charge on any atom is -0.465 e. The van der Waals surface area contributed by atoms with Gasteiger partial charge in [-0.2, -0.15) is 0 Å². The molecule has 0 atom stereocenters. The first-order valence-electron chi connectivity index (χ1n) is 9.47. The summed E-state index contributed by atoms with van der Waals surface area (Å²) < 4.78 is 34.0. The number of carbonyl (C=O) groups excluding carboxylic acids is 2. The van der Waals surface area contributed by atoms with Crippen LogP contribution in [0.1, 0.15) is 10.4 Å². The average molecular weight is 471 g/mol. The van der Waals surface area contributed by atoms with Crippen LogP contribution in [0.2, 0.25) is 0 Å². The number of thiophene rings is 1. The topological polar surface area (TPSA) is 99.4 Å². The molecule has 1 N–H and O–H groups in total. The minimum atomic E-state index is -0.966. The summed E-state index contributed by atoms with van der Waals surface area (Å²) in [6, 6.07) is 9.95. The number of para-hydroxylation sites is 1. The van der Waals surface area contributed by atoms with Gasteiger partial charge in [0.1, 0.15) is 22.9 Å². The third-order valence-electron chi connectivity index (χ3n) is 4.77. The predicted molar refractivity (Wildman–Crippen MR) is 118 cm³/mol. The number of rotatable bonds is 5. The van der Waals surface area contributed by atoms with E-state index in [4.69, 9.17) is 4.74 Å². The lowest BCUT2D eigenvalue weighted by Crippen LogP contribution is -2.40. The number of hydrogen-bond acceptors (Lipinski definition) is 6. The molecule has 33 heavy (non-hydrogen) atoms. The maximum atomic E-state index is 13.8. The van der Waals surface area contributed by atoms with Crippen LogP contribution in [-0.4, -0.2) is 28.1 Å². The van der Waals surface area contributed by atoms with Crippen molar-refractivity contribution in [2.75, 3.05) is 12.4 Å². The van der Waals surface area contributed by atoms with Crippen molar-refractivity contribution in [2.24, 2.45) is 0 Å². The Hall–Kier alpha value is -4.12. The highest BCUT2D eigenvalue weighted by Gasteiger charge is 2.20. The summed E-state index contributed by atoms with van der Waals surface area (Å²) in [5, 5.41) is 4.11. The number of aromatic nitrogens is 2. The Morgan fingerprint density at radius 3 is 2.45 bits per heavy atom. The highest BCUT2D eigenvalue weighted by molar-refractivity contribution is 7.17. The number of halogens is 2. The van der Waals surface area contributed by atoms with Crippen LogP contribution in [0.25, 0.3) is 15.9 Å². The van der Waals surface area contributed by atoms with Crippen molar-refractivity contribution >= 4 is 39.1 Å². The fourth-order valence-corrected chi connectivity index (χ4v) is 4.17. The Bertz CT molecular complexity index is 1500. The maximum Gasteiger partial charge on any atom is 0.339 e. The molecule has 1 amide bonds. The number of nitrogens with zero attached hydrogens (tertiary/aromatic N) is 2. The van der Waals surface area contributed by atoms with Gasteiger partial charge in [0, 0.05) is 6.07 Å². The number of anilines is 1. The summed E-state index contributed by atoms with van der Waals surface area (Å²) in [5.41, 5.74) is -1.54. The van der Waals surface area contributed by atoms with E-state index in [9.17, 15) is 28.0 Å². The molecule has 0 aliphatic rings. The van der Waals surface area contributed by atoms with E-state index in [0.29, 0.717) is 10.6 Å². The van der Waals surface area contributed by atoms with Crippen molar-refractivity contribution in [1.29, 1.82) is 0 Å². The summed E-state index contributed by atoms with van der Waals surface area (Å²) in [4.78, 5) is 50.8. The fraction of sp³-hybridized carbons (Fsp3) is 0.0909. The van der Waals surface area contributed by atoms with Gasteiger partial charge in [0.05, 0.1) is 29.6 Å². The van der Waals surface area contributed by atoms with Gasteiger partial charge in [0.25, 0.3) is 5.56 Å². The van der Waals surface area contributed by atoms with Gasteiger partial charge in [-0.1, -0.05) is 12.1 Å². The smallest absolute Gasteiger partial charge is 0.339 e. The van der Waals surface area contributed by atoms with Crippen molar-refractivity contribution < 1.29 is 23.1 Å². The molecule has 8 nitrogen and oxygen atoms in total. The lowest BCUT2D eigenvalue weighted by Gasteiger charge is -2.13. The number of ether oxygens (including phenoxy) is 1. The van der Waals surface area contributed by atoms with E-state index in [2.05, 4.69) is 5.32 Å². The van der Waals surface area contributed by atoms with E-state index in [1.807, 2.05) is 0 Å². The van der Waals surface area contributed by atoms with E-state index < -0.39 is 41.3 Å². The van der Waals surface area contributed by atoms with Gasteiger partial charge in [0.15, 0.2) is 0 Å². The zero-order valence-electron chi connectivity index (χ0n) is 17.0. The van der Waals surface area contributed by atoms with Gasteiger partial charge >= 0.3 is 11.7 Å². The molecule has 2 heterocycles. The zero-order chi connectivity index (χ0) is 23.7. The van der Waals surface area contributed by atoms with Gasteiger partial charge in [-0.3, -0.25) is 14.2 Å². The highest BCUT2D eigenvalue weighted by atomic mass is 32.1. The van der Waals surface area contributed by atoms with Gasteiger partial charge < -0.3 is 10.1 Å². The van der Waals surface area contributed by atoms with Crippen LogP contribution in [0.5, 0.6) is 0 Å². The summed E-state index contributed by atoms with van der Waals surface area (Å²) in [6.07, 6.45) is 0. The van der Waals surface area contributed by atoms with Crippen LogP contribution in [0.3, 0.4) is 0 Å². The number of esters is 1. The quantitative estimate of drug-likeness (QED) is 0.452. The van der Waals surface area contributed by atoms with Crippen molar-refractivity contribution in [3.8, 4) is 5.69 Å². The van der Waals surface area contributed by atoms with E-state index >= 15 is 0 Å². The Kier molecular flexibility index (Phi) is 5.88. The van der Waals surface area contributed by atoms with Crippen LogP contribution >= 0.6 is 11.3 Å². The first-order chi connectivity index (χ1) is 15.8. The van der Waals surface area contributed by atoms with E-state index in [-0.39, 0.29) is 27.2 Å². The first kappa shape index (κ1) is 22.1. The third kappa shape index (κ3) is 4.17. The van der Waals surface area contributed by atoms with E-state index in [0.717, 1.165) is 28.0 Å². The SMILES string of the molecule is COC(=O)c1ccccc1NC(=O)Cn1c(=O)n(-c2cc(F)cc(F)c2)c(=O)c2sccc21. The summed E-state index contributed by atoms with van der Waals surface area (Å²) in [7, 11) is 1.20. The molecule has 0 radical (unpaired) electrons. The van der Waals surface area contributed by atoms with Crippen LogP contribution in [0.4, 0.5) is 14.5 Å². The monoisotopic (exact) mass is 471 g/mol. The number of amides is 1. The van der Waals surface area contributed by atoms with Crippen LogP contribution in [0.15, 0.2) is 63.5 Å². The number of methoxy groups -OCH3 is 1. The van der Waals surface area contributed by atoms with Gasteiger partial charge in [-0.05, 0) is 35.7 Å². The maximum absolute atomic E-state index is 13.8. The molecule has 2 aromatic carbocycles. The molecule has 0 unspecified atom stereocenters. The van der Waals surface area contributed by atoms with Gasteiger partial charge in [0.2, 0.25) is 5.91 Å². The Labute approximate surface area is 188 Å². The zero-order valence-corrected chi connectivity index (χ0v) is 17.8. The molecular formula is C22H15F2N3O5S. The summed E-state index contributed by atoms with van der Waals surface area (Å²) in [6.45, 7) is -0.528. The molecule has 4 rings (SSSR count). The van der Waals surface area contributed by atoms with Crippen molar-refractivity contribution in [1.82, 2.24) is 9.13 Å². The molecular weight excluding hydrogens is 456 g/mol. The largest absolute Gasteiger partial charge is 0.465 e. The molecule has 0 saturated heterocycles. The lowest BCUT2D eigenvalue weighted by atomic mass is 10.2. The van der Waals surface area contributed by atoms with Crippen molar-refractivity contribution in [2.45, 2.75) is 6.54 Å². The number of benzene rings is 2. The molecule has 0 aliphatic carbocycles. The third-order valence-corrected chi connectivity index (χ3v) is 5.66. The second-order valence-corrected chi connectivity index (χ2v) is 7.77. The van der Waals surface area contributed by atoms with E-state index in [1.165, 1.54) is 25.3 Å². The first-order valence-corrected chi connectivity index (χ1v) is 10.3. The second kappa shape index (κ2) is 8.79. The molecule has 0 fully saturated rings. The molecule has 11 heteroatoms. The van der Waals surface area contributed by atoms with E-state index in [1.54, 1.807) is 17.5 Å². The number of nitrogens with one attached hydrogen (secondary N) is 1. The van der Waals surface area contributed by atoms with Crippen LogP contribution in [-0.2, 0) is 16.1 Å². The van der Waals surface area contributed by atoms with Gasteiger partial charge in [-0.15, -0.1) is 11.3 Å². The Balaban J connectivity index is 1.79. The Morgan fingerprint density at radius 1 is 1.06 bits per heavy atom. The van der Waals surface area contributed by atoms with Crippen LogP contribution < -0.4 is 16.6 Å². The molecule has 0 bridgehead atoms. The molecule has 0 spiro atoms. The van der Waals surface area contributed by atoms with Crippen LogP contribution in [0, 0.1) is 11.6 Å². The number of carbonyl (C=O) groups is 2. The summed E-state index contributed by atoms with van der Waals surface area (Å²) in [5.74, 6) is -3.26. The normalized spacial score (nSPS) is 10.9. The lowest BCUT2D eigenvalue weighted by molar-refractivity contribution is -0.116. The number of fused-ring (bicyclic) bond motifs is 1. The molecule has 0 saturated carbocycles. The highest BCUT2D eigenvalue weighted by Crippen LogP contribution is 2.19.